The predicted molar refractivity (Wildman–Crippen MR) is 156 cm³/mol. The van der Waals surface area contributed by atoms with Crippen LogP contribution in [0, 0.1) is 29.1 Å². The maximum Gasteiger partial charge on any atom is 0.249 e. The molecule has 1 aliphatic rings. The molecule has 0 bridgehead atoms. The third-order valence-electron chi connectivity index (χ3n) is 6.04. The molecule has 3 N–H and O–H groups in total. The van der Waals surface area contributed by atoms with Gasteiger partial charge in [-0.3, -0.25) is 4.79 Å². The lowest BCUT2D eigenvalue weighted by Gasteiger charge is -2.16. The van der Waals surface area contributed by atoms with Crippen LogP contribution in [0.25, 0.3) is 5.57 Å². The van der Waals surface area contributed by atoms with Gasteiger partial charge in [0.1, 0.15) is 11.9 Å². The summed E-state index contributed by atoms with van der Waals surface area (Å²) in [5.74, 6) is 8.21. The molecule has 0 unspecified atom stereocenters. The largest absolute Gasteiger partial charge is 0.493 e. The monoisotopic (exact) mass is 557 g/mol. The van der Waals surface area contributed by atoms with Crippen LogP contribution in [0.15, 0.2) is 48.7 Å². The number of nitrogens with one attached hydrogen (secondary N) is 3. The zero-order valence-electron chi connectivity index (χ0n) is 22.5. The number of hydrogen-bond acceptors (Lipinski definition) is 8. The summed E-state index contributed by atoms with van der Waals surface area (Å²) in [6.45, 7) is 0. The number of rotatable bonds is 9. The van der Waals surface area contributed by atoms with Crippen molar-refractivity contribution >= 4 is 46.0 Å². The van der Waals surface area contributed by atoms with E-state index >= 15 is 0 Å². The minimum absolute atomic E-state index is 0.235. The van der Waals surface area contributed by atoms with E-state index < -0.39 is 5.91 Å². The van der Waals surface area contributed by atoms with Crippen LogP contribution in [0.1, 0.15) is 24.0 Å². The molecular formula is C30H28ClN5O4. The Hall–Kier alpha value is -4.86. The van der Waals surface area contributed by atoms with Crippen molar-refractivity contribution in [1.82, 2.24) is 4.98 Å². The van der Waals surface area contributed by atoms with Crippen molar-refractivity contribution in [2.75, 3.05) is 44.3 Å². The lowest BCUT2D eigenvalue weighted by atomic mass is 10.1. The zero-order chi connectivity index (χ0) is 28.6. The van der Waals surface area contributed by atoms with Crippen LogP contribution in [0.2, 0.25) is 5.02 Å². The van der Waals surface area contributed by atoms with Crippen LogP contribution in [0.3, 0.4) is 0 Å². The number of hydrogen-bond donors (Lipinski definition) is 3. The highest BCUT2D eigenvalue weighted by Gasteiger charge is 2.19. The Morgan fingerprint density at radius 1 is 1.10 bits per heavy atom. The molecule has 1 aromatic heterocycles. The molecule has 0 atom stereocenters. The van der Waals surface area contributed by atoms with Crippen molar-refractivity contribution in [3.8, 4) is 35.2 Å². The standard InChI is InChI=1S/C30H28ClN5O4/c1-33-24-12-20(17-32)23(31)16-25(24)36-28(37)13-19(10-9-18-7-8-18)22-6-5-11-34-30(22)35-21-14-26(38-2)29(40-4)27(15-21)39-3/h5-6,11-16,18,33H,7-8H2,1-4H3,(H,34,35)(H,36,37)/b19-13+. The number of carbonyl (C=O) groups excluding carboxylic acids is 1. The second kappa shape index (κ2) is 12.8. The number of carbonyl (C=O) groups is 1. The fraction of sp³-hybridized carbons (Fsp3) is 0.233. The Balaban J connectivity index is 1.71. The zero-order valence-corrected chi connectivity index (χ0v) is 23.3. The van der Waals surface area contributed by atoms with Crippen molar-refractivity contribution in [1.29, 1.82) is 5.26 Å². The summed E-state index contributed by atoms with van der Waals surface area (Å²) in [5, 5.41) is 18.6. The second-order valence-corrected chi connectivity index (χ2v) is 9.18. The van der Waals surface area contributed by atoms with E-state index in [0.717, 1.165) is 12.8 Å². The van der Waals surface area contributed by atoms with Crippen LogP contribution in [0.4, 0.5) is 22.9 Å². The van der Waals surface area contributed by atoms with Gasteiger partial charge in [0.2, 0.25) is 11.7 Å². The minimum Gasteiger partial charge on any atom is -0.493 e. The van der Waals surface area contributed by atoms with E-state index in [0.29, 0.717) is 62.7 Å². The Bertz CT molecular complexity index is 1540. The van der Waals surface area contributed by atoms with Crippen molar-refractivity contribution < 1.29 is 19.0 Å². The average Bonchev–Trinajstić information content (AvgIpc) is 3.80. The molecule has 40 heavy (non-hydrogen) atoms. The van der Waals surface area contributed by atoms with Crippen molar-refractivity contribution in [2.24, 2.45) is 5.92 Å². The smallest absolute Gasteiger partial charge is 0.249 e. The first-order valence-electron chi connectivity index (χ1n) is 12.4. The summed E-state index contributed by atoms with van der Waals surface area (Å²) in [7, 11) is 6.32. The fourth-order valence-electron chi connectivity index (χ4n) is 3.87. The molecule has 0 spiro atoms. The second-order valence-electron chi connectivity index (χ2n) is 8.77. The van der Waals surface area contributed by atoms with E-state index in [1.165, 1.54) is 19.3 Å². The van der Waals surface area contributed by atoms with Gasteiger partial charge in [0.15, 0.2) is 11.5 Å². The third kappa shape index (κ3) is 6.58. The molecule has 4 rings (SSSR count). The van der Waals surface area contributed by atoms with Crippen molar-refractivity contribution in [3.63, 3.8) is 0 Å². The van der Waals surface area contributed by atoms with Crippen LogP contribution in [-0.2, 0) is 4.79 Å². The summed E-state index contributed by atoms with van der Waals surface area (Å²) in [5.41, 5.74) is 3.04. The Morgan fingerprint density at radius 3 is 2.42 bits per heavy atom. The number of methoxy groups -OCH3 is 3. The molecule has 1 amide bonds. The highest BCUT2D eigenvalue weighted by molar-refractivity contribution is 6.32. The molecule has 0 saturated heterocycles. The molecule has 2 aromatic carbocycles. The molecule has 10 heteroatoms. The SMILES string of the molecule is CNc1cc(C#N)c(Cl)cc1NC(=O)/C=C(\C#CC1CC1)c1cccnc1Nc1cc(OC)c(OC)c(OC)c1. The van der Waals surface area contributed by atoms with Crippen LogP contribution in [-0.4, -0.2) is 39.3 Å². The van der Waals surface area contributed by atoms with Gasteiger partial charge < -0.3 is 30.2 Å². The van der Waals surface area contributed by atoms with Gasteiger partial charge in [-0.15, -0.1) is 0 Å². The molecule has 1 saturated carbocycles. The molecule has 1 heterocycles. The number of aromatic nitrogens is 1. The van der Waals surface area contributed by atoms with Crippen LogP contribution >= 0.6 is 11.6 Å². The van der Waals surface area contributed by atoms with Gasteiger partial charge in [0.25, 0.3) is 0 Å². The lowest BCUT2D eigenvalue weighted by molar-refractivity contribution is -0.111. The number of pyridine rings is 1. The molecule has 0 radical (unpaired) electrons. The number of benzene rings is 2. The number of anilines is 4. The molecule has 9 nitrogen and oxygen atoms in total. The number of allylic oxidation sites excluding steroid dienone is 1. The summed E-state index contributed by atoms with van der Waals surface area (Å²) in [6, 6.07) is 12.3. The first-order valence-corrected chi connectivity index (χ1v) is 12.8. The van der Waals surface area contributed by atoms with Gasteiger partial charge in [-0.2, -0.15) is 5.26 Å². The highest BCUT2D eigenvalue weighted by Crippen LogP contribution is 2.41. The fourth-order valence-corrected chi connectivity index (χ4v) is 4.08. The van der Waals surface area contributed by atoms with Gasteiger partial charge in [0.05, 0.1) is 43.3 Å². The average molecular weight is 558 g/mol. The lowest BCUT2D eigenvalue weighted by Crippen LogP contribution is -2.11. The van der Waals surface area contributed by atoms with Crippen molar-refractivity contribution in [3.05, 3.63) is 64.8 Å². The van der Waals surface area contributed by atoms with Crippen LogP contribution in [0.5, 0.6) is 17.2 Å². The summed E-state index contributed by atoms with van der Waals surface area (Å²) >= 11 is 6.21. The third-order valence-corrected chi connectivity index (χ3v) is 6.36. The van der Waals surface area contributed by atoms with E-state index in [1.807, 2.05) is 12.1 Å². The van der Waals surface area contributed by atoms with Crippen molar-refractivity contribution in [2.45, 2.75) is 12.8 Å². The van der Waals surface area contributed by atoms with E-state index in [-0.39, 0.29) is 5.02 Å². The van der Waals surface area contributed by atoms with Gasteiger partial charge in [-0.1, -0.05) is 23.4 Å². The Morgan fingerprint density at radius 2 is 1.82 bits per heavy atom. The quantitative estimate of drug-likeness (QED) is 0.221. The predicted octanol–water partition coefficient (Wildman–Crippen LogP) is 5.85. The molecule has 1 aliphatic carbocycles. The van der Waals surface area contributed by atoms with Gasteiger partial charge >= 0.3 is 0 Å². The number of ether oxygens (including phenoxy) is 3. The molecule has 1 fully saturated rings. The Labute approximate surface area is 238 Å². The topological polar surface area (TPSA) is 118 Å². The van der Waals surface area contributed by atoms with E-state index in [2.05, 4.69) is 32.8 Å². The molecule has 204 valence electrons. The van der Waals surface area contributed by atoms with E-state index in [1.54, 1.807) is 51.7 Å². The van der Waals surface area contributed by atoms with Gasteiger partial charge in [-0.05, 0) is 37.1 Å². The maximum absolute atomic E-state index is 13.2. The summed E-state index contributed by atoms with van der Waals surface area (Å²) < 4.78 is 16.4. The first kappa shape index (κ1) is 28.2. The first-order chi connectivity index (χ1) is 19.4. The number of halogens is 1. The van der Waals surface area contributed by atoms with E-state index in [4.69, 9.17) is 25.8 Å². The minimum atomic E-state index is -0.417. The van der Waals surface area contributed by atoms with Gasteiger partial charge in [-0.25, -0.2) is 4.98 Å². The van der Waals surface area contributed by atoms with Gasteiger partial charge in [0, 0.05) is 54.2 Å². The molecular weight excluding hydrogens is 530 g/mol. The summed E-state index contributed by atoms with van der Waals surface area (Å²) in [4.78, 5) is 17.7. The Kier molecular flexibility index (Phi) is 9.00. The number of nitriles is 1. The maximum atomic E-state index is 13.2. The normalized spacial score (nSPS) is 12.3. The number of amides is 1. The number of nitrogens with zero attached hydrogens (tertiary/aromatic N) is 2. The molecule has 3 aromatic rings. The van der Waals surface area contributed by atoms with E-state index in [9.17, 15) is 10.1 Å². The summed E-state index contributed by atoms with van der Waals surface area (Å²) in [6.07, 6.45) is 5.14. The molecule has 0 aliphatic heterocycles. The highest BCUT2D eigenvalue weighted by atomic mass is 35.5. The van der Waals surface area contributed by atoms with Crippen LogP contribution < -0.4 is 30.2 Å².